The van der Waals surface area contributed by atoms with Crippen LogP contribution in [0, 0.1) is 0 Å². The second-order valence-corrected chi connectivity index (χ2v) is 4.30. The normalized spacial score (nSPS) is 12.8. The van der Waals surface area contributed by atoms with E-state index in [4.69, 9.17) is 10.8 Å². The molecule has 114 valence electrons. The first-order valence-corrected chi connectivity index (χ1v) is 6.36. The standard InChI is InChI=1S/C12H22N4O4/c1-8(17)9(14-2)4-3-7-15-12(13)16-10(18)5-6-11(19)20/h9,14H,3-7H2,1-2H3,(H,19,20)(H3,13,15,16,18). The maximum atomic E-state index is 11.2. The molecule has 1 atom stereocenters. The number of carbonyl (C=O) groups is 3. The average molecular weight is 286 g/mol. The van der Waals surface area contributed by atoms with Crippen LogP contribution in [0.2, 0.25) is 0 Å². The van der Waals surface area contributed by atoms with Gasteiger partial charge >= 0.3 is 5.97 Å². The lowest BCUT2D eigenvalue weighted by Crippen LogP contribution is -2.37. The molecule has 0 saturated carbocycles. The lowest BCUT2D eigenvalue weighted by molar-refractivity contribution is -0.138. The molecule has 20 heavy (non-hydrogen) atoms. The van der Waals surface area contributed by atoms with Gasteiger partial charge in [-0.3, -0.25) is 24.7 Å². The number of amides is 1. The van der Waals surface area contributed by atoms with Gasteiger partial charge in [0.15, 0.2) is 5.96 Å². The van der Waals surface area contributed by atoms with Gasteiger partial charge in [0.05, 0.1) is 12.5 Å². The van der Waals surface area contributed by atoms with Crippen LogP contribution >= 0.6 is 0 Å². The molecule has 8 nitrogen and oxygen atoms in total. The first-order chi connectivity index (χ1) is 9.36. The highest BCUT2D eigenvalue weighted by Gasteiger charge is 2.10. The lowest BCUT2D eigenvalue weighted by atomic mass is 10.1. The summed E-state index contributed by atoms with van der Waals surface area (Å²) < 4.78 is 0. The van der Waals surface area contributed by atoms with Crippen molar-refractivity contribution < 1.29 is 19.5 Å². The van der Waals surface area contributed by atoms with Crippen LogP contribution in [-0.2, 0) is 14.4 Å². The van der Waals surface area contributed by atoms with Gasteiger partial charge in [-0.1, -0.05) is 0 Å². The fourth-order valence-corrected chi connectivity index (χ4v) is 1.51. The highest BCUT2D eigenvalue weighted by Crippen LogP contribution is 1.98. The molecule has 0 aliphatic heterocycles. The van der Waals surface area contributed by atoms with Crippen LogP contribution < -0.4 is 16.4 Å². The Bertz CT molecular complexity index is 382. The van der Waals surface area contributed by atoms with E-state index < -0.39 is 11.9 Å². The summed E-state index contributed by atoms with van der Waals surface area (Å²) in [6, 6.07) is -0.198. The highest BCUT2D eigenvalue weighted by molar-refractivity contribution is 5.96. The number of guanidine groups is 1. The minimum Gasteiger partial charge on any atom is -0.481 e. The summed E-state index contributed by atoms with van der Waals surface area (Å²) in [6.07, 6.45) is 0.894. The third kappa shape index (κ3) is 9.03. The number of ketones is 1. The third-order valence-corrected chi connectivity index (χ3v) is 2.61. The van der Waals surface area contributed by atoms with Crippen molar-refractivity contribution in [3.63, 3.8) is 0 Å². The number of aliphatic imine (C=N–C) groups is 1. The molecule has 5 N–H and O–H groups in total. The highest BCUT2D eigenvalue weighted by atomic mass is 16.4. The zero-order valence-corrected chi connectivity index (χ0v) is 11.8. The zero-order valence-electron chi connectivity index (χ0n) is 11.8. The predicted octanol–water partition coefficient (Wildman–Crippen LogP) is -0.761. The Morgan fingerprint density at radius 1 is 1.30 bits per heavy atom. The molecule has 1 amide bonds. The molecule has 0 heterocycles. The first kappa shape index (κ1) is 18.0. The van der Waals surface area contributed by atoms with Crippen molar-refractivity contribution in [3.05, 3.63) is 0 Å². The van der Waals surface area contributed by atoms with Gasteiger partial charge in [0.2, 0.25) is 5.91 Å². The maximum Gasteiger partial charge on any atom is 0.303 e. The number of Topliss-reactive ketones (excluding diaryl/α,β-unsaturated/α-hetero) is 1. The fourth-order valence-electron chi connectivity index (χ4n) is 1.51. The molecule has 0 aliphatic carbocycles. The smallest absolute Gasteiger partial charge is 0.303 e. The molecule has 0 aromatic carbocycles. The average Bonchev–Trinajstić information content (AvgIpc) is 2.35. The van der Waals surface area contributed by atoms with E-state index in [1.807, 2.05) is 0 Å². The minimum absolute atomic E-state index is 0.0378. The van der Waals surface area contributed by atoms with E-state index in [1.54, 1.807) is 7.05 Å². The van der Waals surface area contributed by atoms with Crippen molar-refractivity contribution >= 4 is 23.6 Å². The van der Waals surface area contributed by atoms with E-state index >= 15 is 0 Å². The number of nitrogens with two attached hydrogens (primary N) is 1. The SMILES string of the molecule is CNC(CCCN=C(N)NC(=O)CCC(=O)O)C(C)=O. The monoisotopic (exact) mass is 286 g/mol. The van der Waals surface area contributed by atoms with Crippen LogP contribution in [0.25, 0.3) is 0 Å². The second-order valence-electron chi connectivity index (χ2n) is 4.30. The number of carbonyl (C=O) groups excluding carboxylic acids is 2. The van der Waals surface area contributed by atoms with E-state index in [0.717, 1.165) is 0 Å². The Labute approximate surface area is 117 Å². The van der Waals surface area contributed by atoms with Crippen LogP contribution in [0.3, 0.4) is 0 Å². The summed E-state index contributed by atoms with van der Waals surface area (Å²) in [7, 11) is 1.71. The van der Waals surface area contributed by atoms with Crippen LogP contribution in [-0.4, -0.2) is 48.4 Å². The van der Waals surface area contributed by atoms with Crippen molar-refractivity contribution in [2.45, 2.75) is 38.6 Å². The number of aliphatic carboxylic acids is 1. The summed E-state index contributed by atoms with van der Waals surface area (Å²) in [4.78, 5) is 36.6. The van der Waals surface area contributed by atoms with Gasteiger partial charge in [-0.25, -0.2) is 0 Å². The van der Waals surface area contributed by atoms with Crippen LogP contribution in [0.15, 0.2) is 4.99 Å². The van der Waals surface area contributed by atoms with E-state index in [0.29, 0.717) is 19.4 Å². The minimum atomic E-state index is -1.04. The molecule has 0 rings (SSSR count). The summed E-state index contributed by atoms with van der Waals surface area (Å²) in [5, 5.41) is 13.6. The van der Waals surface area contributed by atoms with Crippen molar-refractivity contribution in [3.8, 4) is 0 Å². The number of likely N-dealkylation sites (N-methyl/N-ethyl adjacent to an activating group) is 1. The molecule has 0 radical (unpaired) electrons. The van der Waals surface area contributed by atoms with Crippen LogP contribution in [0.1, 0.15) is 32.6 Å². The predicted molar refractivity (Wildman–Crippen MR) is 74.3 cm³/mol. The first-order valence-electron chi connectivity index (χ1n) is 6.36. The summed E-state index contributed by atoms with van der Waals surface area (Å²) in [5.74, 6) is -1.50. The molecular weight excluding hydrogens is 264 g/mol. The Morgan fingerprint density at radius 2 is 1.95 bits per heavy atom. The number of rotatable bonds is 9. The summed E-state index contributed by atoms with van der Waals surface area (Å²) >= 11 is 0. The van der Waals surface area contributed by atoms with Gasteiger partial charge in [-0.15, -0.1) is 0 Å². The Kier molecular flexibility index (Phi) is 8.93. The molecule has 0 aliphatic rings. The number of hydrogen-bond donors (Lipinski definition) is 4. The Morgan fingerprint density at radius 3 is 2.45 bits per heavy atom. The number of hydrogen-bond acceptors (Lipinski definition) is 5. The molecule has 0 aromatic heterocycles. The van der Waals surface area contributed by atoms with E-state index in [1.165, 1.54) is 6.92 Å². The lowest BCUT2D eigenvalue weighted by Gasteiger charge is -2.11. The number of nitrogens with one attached hydrogen (secondary N) is 2. The molecular formula is C12H22N4O4. The maximum absolute atomic E-state index is 11.2. The van der Waals surface area contributed by atoms with Gasteiger partial charge in [0, 0.05) is 13.0 Å². The van der Waals surface area contributed by atoms with Gasteiger partial charge in [-0.2, -0.15) is 0 Å². The number of carboxylic acid groups (broad SMARTS) is 1. The number of carboxylic acids is 1. The van der Waals surface area contributed by atoms with Crippen LogP contribution in [0.5, 0.6) is 0 Å². The molecule has 0 aromatic rings. The van der Waals surface area contributed by atoms with E-state index in [-0.39, 0.29) is 30.6 Å². The third-order valence-electron chi connectivity index (χ3n) is 2.61. The van der Waals surface area contributed by atoms with Crippen LogP contribution in [0.4, 0.5) is 0 Å². The quantitative estimate of drug-likeness (QED) is 0.250. The summed E-state index contributed by atoms with van der Waals surface area (Å²) in [5.41, 5.74) is 5.48. The van der Waals surface area contributed by atoms with Gasteiger partial charge in [-0.05, 0) is 26.8 Å². The largest absolute Gasteiger partial charge is 0.481 e. The zero-order chi connectivity index (χ0) is 15.5. The molecule has 0 bridgehead atoms. The molecule has 0 spiro atoms. The van der Waals surface area contributed by atoms with Crippen molar-refractivity contribution in [2.75, 3.05) is 13.6 Å². The van der Waals surface area contributed by atoms with Crippen molar-refractivity contribution in [1.82, 2.24) is 10.6 Å². The van der Waals surface area contributed by atoms with Crippen molar-refractivity contribution in [1.29, 1.82) is 0 Å². The van der Waals surface area contributed by atoms with E-state index in [2.05, 4.69) is 15.6 Å². The Hall–Kier alpha value is -1.96. The summed E-state index contributed by atoms with van der Waals surface area (Å²) in [6.45, 7) is 1.90. The van der Waals surface area contributed by atoms with Gasteiger partial charge < -0.3 is 16.2 Å². The van der Waals surface area contributed by atoms with Gasteiger partial charge in [0.25, 0.3) is 0 Å². The molecule has 0 fully saturated rings. The molecule has 0 saturated heterocycles. The topological polar surface area (TPSA) is 134 Å². The molecule has 1 unspecified atom stereocenters. The Balaban J connectivity index is 3.93. The van der Waals surface area contributed by atoms with Crippen molar-refractivity contribution in [2.24, 2.45) is 10.7 Å². The fraction of sp³-hybridized carbons (Fsp3) is 0.667. The molecule has 8 heteroatoms. The van der Waals surface area contributed by atoms with E-state index in [9.17, 15) is 14.4 Å². The van der Waals surface area contributed by atoms with Gasteiger partial charge in [0.1, 0.15) is 5.78 Å². The number of nitrogens with zero attached hydrogens (tertiary/aromatic N) is 1. The second kappa shape index (κ2) is 9.90.